The molecule has 0 radical (unpaired) electrons. The molecular formula is C22H22N8. The van der Waals surface area contributed by atoms with Crippen molar-refractivity contribution in [2.45, 2.75) is 20.8 Å². The van der Waals surface area contributed by atoms with Gasteiger partial charge in [0.05, 0.1) is 11.4 Å². The molecule has 0 bridgehead atoms. The first kappa shape index (κ1) is 19.3. The van der Waals surface area contributed by atoms with Crippen LogP contribution in [0.4, 0.5) is 17.6 Å². The van der Waals surface area contributed by atoms with Crippen molar-refractivity contribution >= 4 is 23.3 Å². The molecule has 0 unspecified atom stereocenters. The summed E-state index contributed by atoms with van der Waals surface area (Å²) in [5.74, 6) is 1.12. The van der Waals surface area contributed by atoms with Gasteiger partial charge in [0, 0.05) is 11.4 Å². The molecule has 2 aromatic heterocycles. The van der Waals surface area contributed by atoms with Crippen molar-refractivity contribution in [1.29, 1.82) is 0 Å². The standard InChI is InChI=1S/C22H22N8/c1-15-14-16(2)30(29-15)22-25-20(23-19-12-8-5-9-13-19)24-21(26-22)28-27-17(3)18-10-6-4-7-11-18/h4-14H,1-3H3,(H2,23,24,25,26,28)/b27-17+. The topological polar surface area (TPSA) is 92.9 Å². The molecule has 0 aliphatic rings. The van der Waals surface area contributed by atoms with Gasteiger partial charge in [0.15, 0.2) is 0 Å². The van der Waals surface area contributed by atoms with Gasteiger partial charge >= 0.3 is 0 Å². The first-order chi connectivity index (χ1) is 14.6. The highest BCUT2D eigenvalue weighted by atomic mass is 15.4. The van der Waals surface area contributed by atoms with Crippen LogP contribution in [-0.4, -0.2) is 30.4 Å². The lowest BCUT2D eigenvalue weighted by molar-refractivity contribution is 0.767. The number of anilines is 3. The van der Waals surface area contributed by atoms with Crippen molar-refractivity contribution in [3.05, 3.63) is 83.7 Å². The van der Waals surface area contributed by atoms with Gasteiger partial charge in [0.25, 0.3) is 5.95 Å². The molecule has 0 saturated carbocycles. The zero-order valence-corrected chi connectivity index (χ0v) is 17.0. The van der Waals surface area contributed by atoms with Gasteiger partial charge in [0.2, 0.25) is 11.9 Å². The summed E-state index contributed by atoms with van der Waals surface area (Å²) < 4.78 is 1.69. The molecule has 4 aromatic rings. The smallest absolute Gasteiger partial charge is 0.257 e. The average molecular weight is 398 g/mol. The summed E-state index contributed by atoms with van der Waals surface area (Å²) >= 11 is 0. The second-order valence-electron chi connectivity index (χ2n) is 6.79. The number of para-hydroxylation sites is 1. The highest BCUT2D eigenvalue weighted by molar-refractivity contribution is 5.98. The number of rotatable bonds is 6. The molecule has 0 aliphatic carbocycles. The second kappa shape index (κ2) is 8.52. The number of aryl methyl sites for hydroxylation is 2. The molecule has 0 atom stereocenters. The third-order valence-corrected chi connectivity index (χ3v) is 4.37. The lowest BCUT2D eigenvalue weighted by atomic mass is 10.1. The van der Waals surface area contributed by atoms with E-state index in [1.54, 1.807) is 4.68 Å². The van der Waals surface area contributed by atoms with E-state index in [-0.39, 0.29) is 0 Å². The maximum atomic E-state index is 4.54. The number of benzene rings is 2. The SMILES string of the molecule is C/C(=N\Nc1nc(Nc2ccccc2)nc(-n2nc(C)cc2C)n1)c1ccccc1. The molecule has 8 nitrogen and oxygen atoms in total. The maximum absolute atomic E-state index is 4.54. The van der Waals surface area contributed by atoms with Crippen molar-refractivity contribution in [1.82, 2.24) is 24.7 Å². The summed E-state index contributed by atoms with van der Waals surface area (Å²) in [5.41, 5.74) is 7.47. The Morgan fingerprint density at radius 2 is 1.53 bits per heavy atom. The number of hydrogen-bond donors (Lipinski definition) is 2. The zero-order valence-electron chi connectivity index (χ0n) is 17.0. The van der Waals surface area contributed by atoms with E-state index in [4.69, 9.17) is 0 Å². The van der Waals surface area contributed by atoms with Crippen molar-refractivity contribution in [3.63, 3.8) is 0 Å². The van der Waals surface area contributed by atoms with E-state index in [9.17, 15) is 0 Å². The molecule has 4 rings (SSSR count). The third kappa shape index (κ3) is 4.49. The van der Waals surface area contributed by atoms with Crippen LogP contribution in [0.2, 0.25) is 0 Å². The van der Waals surface area contributed by atoms with Crippen molar-refractivity contribution < 1.29 is 0 Å². The van der Waals surface area contributed by atoms with Crippen LogP contribution >= 0.6 is 0 Å². The van der Waals surface area contributed by atoms with Crippen LogP contribution in [0.1, 0.15) is 23.9 Å². The lowest BCUT2D eigenvalue weighted by Gasteiger charge is -2.10. The minimum atomic E-state index is 0.321. The van der Waals surface area contributed by atoms with Gasteiger partial charge < -0.3 is 5.32 Å². The number of nitrogens with zero attached hydrogens (tertiary/aromatic N) is 6. The van der Waals surface area contributed by atoms with Crippen LogP contribution < -0.4 is 10.7 Å². The summed E-state index contributed by atoms with van der Waals surface area (Å²) in [4.78, 5) is 13.5. The second-order valence-corrected chi connectivity index (χ2v) is 6.79. The quantitative estimate of drug-likeness (QED) is 0.372. The molecule has 0 amide bonds. The van der Waals surface area contributed by atoms with E-state index in [0.29, 0.717) is 17.8 Å². The van der Waals surface area contributed by atoms with Crippen molar-refractivity contribution in [3.8, 4) is 5.95 Å². The van der Waals surface area contributed by atoms with Gasteiger partial charge in [-0.25, -0.2) is 10.1 Å². The summed E-state index contributed by atoms with van der Waals surface area (Å²) in [7, 11) is 0. The van der Waals surface area contributed by atoms with Crippen molar-refractivity contribution in [2.75, 3.05) is 10.7 Å². The van der Waals surface area contributed by atoms with E-state index < -0.39 is 0 Å². The molecule has 0 spiro atoms. The first-order valence-corrected chi connectivity index (χ1v) is 9.56. The van der Waals surface area contributed by atoms with Crippen LogP contribution in [0, 0.1) is 13.8 Å². The summed E-state index contributed by atoms with van der Waals surface area (Å²) in [5, 5.41) is 12.1. The minimum absolute atomic E-state index is 0.321. The van der Waals surface area contributed by atoms with Gasteiger partial charge in [-0.1, -0.05) is 48.5 Å². The number of aromatic nitrogens is 5. The Balaban J connectivity index is 1.69. The fourth-order valence-electron chi connectivity index (χ4n) is 2.93. The third-order valence-electron chi connectivity index (χ3n) is 4.37. The molecule has 30 heavy (non-hydrogen) atoms. The fourth-order valence-corrected chi connectivity index (χ4v) is 2.93. The monoisotopic (exact) mass is 398 g/mol. The molecule has 0 aliphatic heterocycles. The minimum Gasteiger partial charge on any atom is -0.324 e. The summed E-state index contributed by atoms with van der Waals surface area (Å²) in [6.07, 6.45) is 0. The predicted molar refractivity (Wildman–Crippen MR) is 118 cm³/mol. The zero-order chi connectivity index (χ0) is 20.9. The largest absolute Gasteiger partial charge is 0.324 e. The molecule has 2 N–H and O–H groups in total. The Hall–Kier alpha value is -4.07. The molecule has 2 aromatic carbocycles. The highest BCUT2D eigenvalue weighted by Crippen LogP contribution is 2.16. The van der Waals surface area contributed by atoms with Gasteiger partial charge in [-0.3, -0.25) is 0 Å². The van der Waals surface area contributed by atoms with Gasteiger partial charge in [0.1, 0.15) is 0 Å². The lowest BCUT2D eigenvalue weighted by Crippen LogP contribution is -2.11. The number of nitrogens with one attached hydrogen (secondary N) is 2. The van der Waals surface area contributed by atoms with Gasteiger partial charge in [-0.15, -0.1) is 0 Å². The Bertz CT molecular complexity index is 1170. The van der Waals surface area contributed by atoms with Crippen LogP contribution in [0.3, 0.4) is 0 Å². The van der Waals surface area contributed by atoms with Crippen LogP contribution in [0.15, 0.2) is 71.8 Å². The van der Waals surface area contributed by atoms with E-state index in [2.05, 4.69) is 35.9 Å². The number of hydrazone groups is 1. The normalized spacial score (nSPS) is 11.4. The average Bonchev–Trinajstić information content (AvgIpc) is 3.11. The van der Waals surface area contributed by atoms with Crippen LogP contribution in [0.25, 0.3) is 5.95 Å². The first-order valence-electron chi connectivity index (χ1n) is 9.56. The van der Waals surface area contributed by atoms with Crippen LogP contribution in [0.5, 0.6) is 0 Å². The van der Waals surface area contributed by atoms with Gasteiger partial charge in [-0.05, 0) is 44.5 Å². The highest BCUT2D eigenvalue weighted by Gasteiger charge is 2.12. The summed E-state index contributed by atoms with van der Waals surface area (Å²) in [6.45, 7) is 5.81. The Kier molecular flexibility index (Phi) is 5.47. The molecule has 2 heterocycles. The molecular weight excluding hydrogens is 376 g/mol. The Morgan fingerprint density at radius 3 is 2.20 bits per heavy atom. The molecule has 150 valence electrons. The molecule has 0 fully saturated rings. The van der Waals surface area contributed by atoms with Gasteiger partial charge in [-0.2, -0.15) is 25.2 Å². The number of hydrogen-bond acceptors (Lipinski definition) is 7. The van der Waals surface area contributed by atoms with E-state index in [1.165, 1.54) is 0 Å². The van der Waals surface area contributed by atoms with E-state index in [0.717, 1.165) is 28.4 Å². The Labute approximate surface area is 174 Å². The van der Waals surface area contributed by atoms with E-state index in [1.807, 2.05) is 87.5 Å². The maximum Gasteiger partial charge on any atom is 0.257 e. The Morgan fingerprint density at radius 1 is 0.867 bits per heavy atom. The molecule has 8 heteroatoms. The fraction of sp³-hybridized carbons (Fsp3) is 0.136. The van der Waals surface area contributed by atoms with E-state index >= 15 is 0 Å². The van der Waals surface area contributed by atoms with Crippen molar-refractivity contribution in [2.24, 2.45) is 5.10 Å². The molecule has 0 saturated heterocycles. The predicted octanol–water partition coefficient (Wildman–Crippen LogP) is 4.25. The summed E-state index contributed by atoms with van der Waals surface area (Å²) in [6, 6.07) is 21.6. The van der Waals surface area contributed by atoms with Crippen LogP contribution in [-0.2, 0) is 0 Å².